The van der Waals surface area contributed by atoms with E-state index in [1.165, 1.54) is 24.0 Å². The average molecular weight is 295 g/mol. The van der Waals surface area contributed by atoms with Crippen LogP contribution in [0.15, 0.2) is 54.6 Å². The Morgan fingerprint density at radius 2 is 1.59 bits per heavy atom. The van der Waals surface area contributed by atoms with Crippen LogP contribution in [-0.2, 0) is 13.1 Å². The first-order chi connectivity index (χ1) is 10.8. The Hall–Kier alpha value is -1.84. The minimum absolute atomic E-state index is 0.626. The van der Waals surface area contributed by atoms with E-state index >= 15 is 0 Å². The third kappa shape index (κ3) is 3.87. The molecule has 116 valence electrons. The van der Waals surface area contributed by atoms with Gasteiger partial charge < -0.3 is 11.1 Å². The fourth-order valence-corrected chi connectivity index (χ4v) is 3.20. The molecule has 0 unspecified atom stereocenters. The second-order valence-electron chi connectivity index (χ2n) is 6.07. The van der Waals surface area contributed by atoms with Crippen LogP contribution in [0.5, 0.6) is 0 Å². The molecule has 0 amide bonds. The lowest BCUT2D eigenvalue weighted by atomic mass is 10.0. The Balaban J connectivity index is 1.77. The number of piperidine rings is 1. The highest BCUT2D eigenvalue weighted by atomic mass is 15.2. The van der Waals surface area contributed by atoms with Crippen LogP contribution in [0.1, 0.15) is 24.0 Å². The number of hydrogen-bond donors (Lipinski definition) is 2. The van der Waals surface area contributed by atoms with E-state index in [1.54, 1.807) is 0 Å². The van der Waals surface area contributed by atoms with Crippen molar-refractivity contribution in [2.45, 2.75) is 32.0 Å². The molecule has 1 heterocycles. The van der Waals surface area contributed by atoms with Crippen LogP contribution in [0, 0.1) is 0 Å². The van der Waals surface area contributed by atoms with Crippen molar-refractivity contribution in [1.82, 2.24) is 10.2 Å². The Bertz CT molecular complexity index is 576. The molecule has 0 saturated carbocycles. The van der Waals surface area contributed by atoms with Crippen molar-refractivity contribution in [2.75, 3.05) is 18.8 Å². The number of para-hydroxylation sites is 1. The summed E-state index contributed by atoms with van der Waals surface area (Å²) in [6, 6.07) is 19.6. The summed E-state index contributed by atoms with van der Waals surface area (Å²) < 4.78 is 0. The van der Waals surface area contributed by atoms with Gasteiger partial charge in [0, 0.05) is 24.8 Å². The van der Waals surface area contributed by atoms with Crippen LogP contribution in [0.2, 0.25) is 0 Å². The predicted octanol–water partition coefficient (Wildman–Crippen LogP) is 3.02. The predicted molar refractivity (Wildman–Crippen MR) is 92.4 cm³/mol. The third-order valence-electron chi connectivity index (χ3n) is 4.48. The SMILES string of the molecule is Nc1ccccc1CN(Cc1ccccc1)C1CCNCC1. The van der Waals surface area contributed by atoms with Gasteiger partial charge in [-0.25, -0.2) is 0 Å². The molecule has 3 heteroatoms. The highest BCUT2D eigenvalue weighted by molar-refractivity contribution is 5.46. The molecule has 3 nitrogen and oxygen atoms in total. The average Bonchev–Trinajstić information content (AvgIpc) is 2.58. The van der Waals surface area contributed by atoms with Crippen LogP contribution in [0.25, 0.3) is 0 Å². The zero-order valence-electron chi connectivity index (χ0n) is 13.0. The molecule has 0 atom stereocenters. The van der Waals surface area contributed by atoms with Gasteiger partial charge in [0.1, 0.15) is 0 Å². The Labute approximate surface area is 133 Å². The fourth-order valence-electron chi connectivity index (χ4n) is 3.20. The van der Waals surface area contributed by atoms with Gasteiger partial charge in [0.2, 0.25) is 0 Å². The van der Waals surface area contributed by atoms with Gasteiger partial charge in [-0.15, -0.1) is 0 Å². The second-order valence-corrected chi connectivity index (χ2v) is 6.07. The number of nitrogens with two attached hydrogens (primary N) is 1. The monoisotopic (exact) mass is 295 g/mol. The summed E-state index contributed by atoms with van der Waals surface area (Å²) >= 11 is 0. The first-order valence-corrected chi connectivity index (χ1v) is 8.15. The van der Waals surface area contributed by atoms with Crippen molar-refractivity contribution in [2.24, 2.45) is 0 Å². The number of benzene rings is 2. The van der Waals surface area contributed by atoms with Crippen molar-refractivity contribution < 1.29 is 0 Å². The molecule has 2 aromatic carbocycles. The molecule has 0 radical (unpaired) electrons. The van der Waals surface area contributed by atoms with Crippen molar-refractivity contribution in [3.8, 4) is 0 Å². The molecule has 3 N–H and O–H groups in total. The summed E-state index contributed by atoms with van der Waals surface area (Å²) in [5.74, 6) is 0. The maximum Gasteiger partial charge on any atom is 0.0359 e. The number of nitrogen functional groups attached to an aromatic ring is 1. The van der Waals surface area contributed by atoms with Crippen LogP contribution < -0.4 is 11.1 Å². The van der Waals surface area contributed by atoms with Gasteiger partial charge >= 0.3 is 0 Å². The Kier molecular flexibility index (Phi) is 5.09. The molecule has 22 heavy (non-hydrogen) atoms. The van der Waals surface area contributed by atoms with Crippen LogP contribution in [-0.4, -0.2) is 24.0 Å². The van der Waals surface area contributed by atoms with Crippen LogP contribution in [0.3, 0.4) is 0 Å². The Morgan fingerprint density at radius 1 is 0.909 bits per heavy atom. The van der Waals surface area contributed by atoms with E-state index in [4.69, 9.17) is 5.73 Å². The normalized spacial score (nSPS) is 16.0. The molecule has 1 saturated heterocycles. The highest BCUT2D eigenvalue weighted by Gasteiger charge is 2.21. The van der Waals surface area contributed by atoms with Gasteiger partial charge in [-0.3, -0.25) is 4.90 Å². The minimum Gasteiger partial charge on any atom is -0.398 e. The third-order valence-corrected chi connectivity index (χ3v) is 4.48. The largest absolute Gasteiger partial charge is 0.398 e. The van der Waals surface area contributed by atoms with Gasteiger partial charge in [0.25, 0.3) is 0 Å². The zero-order chi connectivity index (χ0) is 15.2. The summed E-state index contributed by atoms with van der Waals surface area (Å²) in [6.45, 7) is 4.13. The van der Waals surface area contributed by atoms with Crippen molar-refractivity contribution in [1.29, 1.82) is 0 Å². The molecule has 3 rings (SSSR count). The highest BCUT2D eigenvalue weighted by Crippen LogP contribution is 2.21. The maximum atomic E-state index is 6.15. The summed E-state index contributed by atoms with van der Waals surface area (Å²) in [4.78, 5) is 2.59. The fraction of sp³-hybridized carbons (Fsp3) is 0.368. The minimum atomic E-state index is 0.626. The smallest absolute Gasteiger partial charge is 0.0359 e. The number of anilines is 1. The number of nitrogens with one attached hydrogen (secondary N) is 1. The van der Waals surface area contributed by atoms with Crippen molar-refractivity contribution in [3.05, 3.63) is 65.7 Å². The molecule has 0 aromatic heterocycles. The Morgan fingerprint density at radius 3 is 2.32 bits per heavy atom. The molecule has 1 aliphatic rings. The molecule has 0 aliphatic carbocycles. The first-order valence-electron chi connectivity index (χ1n) is 8.15. The topological polar surface area (TPSA) is 41.3 Å². The van der Waals surface area contributed by atoms with E-state index in [0.29, 0.717) is 6.04 Å². The van der Waals surface area contributed by atoms with Crippen LogP contribution >= 0.6 is 0 Å². The molecule has 0 bridgehead atoms. The van der Waals surface area contributed by atoms with Gasteiger partial charge in [-0.2, -0.15) is 0 Å². The van der Waals surface area contributed by atoms with E-state index in [2.05, 4.69) is 52.7 Å². The lowest BCUT2D eigenvalue weighted by molar-refractivity contribution is 0.146. The van der Waals surface area contributed by atoms with E-state index in [-0.39, 0.29) is 0 Å². The number of hydrogen-bond acceptors (Lipinski definition) is 3. The molecule has 0 spiro atoms. The van der Waals surface area contributed by atoms with E-state index in [0.717, 1.165) is 31.9 Å². The van der Waals surface area contributed by atoms with Gasteiger partial charge in [-0.05, 0) is 43.1 Å². The van der Waals surface area contributed by atoms with Crippen molar-refractivity contribution >= 4 is 5.69 Å². The molecular weight excluding hydrogens is 270 g/mol. The van der Waals surface area contributed by atoms with Gasteiger partial charge in [0.05, 0.1) is 0 Å². The summed E-state index contributed by atoms with van der Waals surface area (Å²) in [6.07, 6.45) is 2.42. The molecule has 1 aliphatic heterocycles. The van der Waals surface area contributed by atoms with E-state index in [9.17, 15) is 0 Å². The number of rotatable bonds is 5. The number of nitrogens with zero attached hydrogens (tertiary/aromatic N) is 1. The lowest BCUT2D eigenvalue weighted by Crippen LogP contribution is -2.42. The molecule has 2 aromatic rings. The summed E-state index contributed by atoms with van der Waals surface area (Å²) in [5.41, 5.74) is 9.65. The van der Waals surface area contributed by atoms with E-state index < -0.39 is 0 Å². The summed E-state index contributed by atoms with van der Waals surface area (Å²) in [7, 11) is 0. The summed E-state index contributed by atoms with van der Waals surface area (Å²) in [5, 5.41) is 3.46. The molecule has 1 fully saturated rings. The zero-order valence-corrected chi connectivity index (χ0v) is 13.0. The second kappa shape index (κ2) is 7.43. The van der Waals surface area contributed by atoms with Gasteiger partial charge in [-0.1, -0.05) is 48.5 Å². The standard InChI is InChI=1S/C19H25N3/c20-19-9-5-4-8-17(19)15-22(18-10-12-21-13-11-18)14-16-6-2-1-3-7-16/h1-9,18,21H,10-15,20H2. The first kappa shape index (κ1) is 15.1. The van der Waals surface area contributed by atoms with Gasteiger partial charge in [0.15, 0.2) is 0 Å². The van der Waals surface area contributed by atoms with E-state index in [1.807, 2.05) is 12.1 Å². The van der Waals surface area contributed by atoms with Crippen molar-refractivity contribution in [3.63, 3.8) is 0 Å². The lowest BCUT2D eigenvalue weighted by Gasteiger charge is -2.35. The maximum absolute atomic E-state index is 6.15. The molecular formula is C19H25N3. The van der Waals surface area contributed by atoms with Crippen LogP contribution in [0.4, 0.5) is 5.69 Å². The quantitative estimate of drug-likeness (QED) is 0.833.